The first-order valence-corrected chi connectivity index (χ1v) is 6.26. The third-order valence-electron chi connectivity index (χ3n) is 2.71. The van der Waals surface area contributed by atoms with Crippen LogP contribution in [-0.2, 0) is 0 Å². The molecular weight excluding hydrogens is 184 g/mol. The van der Waals surface area contributed by atoms with E-state index < -0.39 is 0 Å². The van der Waals surface area contributed by atoms with Crippen LogP contribution in [0, 0.1) is 11.3 Å². The molecule has 0 saturated carbocycles. The van der Waals surface area contributed by atoms with E-state index >= 15 is 0 Å². The average Bonchev–Trinajstić information content (AvgIpc) is 1.99. The molecule has 1 saturated heterocycles. The number of piperazine rings is 1. The molecule has 2 nitrogen and oxygen atoms in total. The van der Waals surface area contributed by atoms with Gasteiger partial charge in [0.2, 0.25) is 0 Å². The van der Waals surface area contributed by atoms with E-state index in [2.05, 4.69) is 39.5 Å². The van der Waals surface area contributed by atoms with Gasteiger partial charge in [-0.2, -0.15) is 0 Å². The van der Waals surface area contributed by atoms with E-state index in [1.54, 1.807) is 0 Å². The highest BCUT2D eigenvalue weighted by Crippen LogP contribution is 2.18. The van der Waals surface area contributed by atoms with Crippen LogP contribution in [0.2, 0.25) is 0 Å². The highest BCUT2D eigenvalue weighted by atomic mass is 15.2. The van der Waals surface area contributed by atoms with Crippen molar-refractivity contribution < 1.29 is 0 Å². The molecule has 0 amide bonds. The highest BCUT2D eigenvalue weighted by Gasteiger charge is 2.24. The molecular formula is C13H27N2. The van der Waals surface area contributed by atoms with Gasteiger partial charge < -0.3 is 0 Å². The number of hydrogen-bond acceptors (Lipinski definition) is 1. The Kier molecular flexibility index (Phi) is 4.60. The summed E-state index contributed by atoms with van der Waals surface area (Å²) < 4.78 is 0. The summed E-state index contributed by atoms with van der Waals surface area (Å²) in [6.07, 6.45) is 1.25. The van der Waals surface area contributed by atoms with Gasteiger partial charge in [-0.25, -0.2) is 5.32 Å². The fraction of sp³-hybridized carbons (Fsp3) is 1.00. The van der Waals surface area contributed by atoms with Crippen LogP contribution in [-0.4, -0.2) is 37.1 Å². The largest absolute Gasteiger partial charge is 0.300 e. The van der Waals surface area contributed by atoms with Crippen LogP contribution in [0.3, 0.4) is 0 Å². The second-order valence-electron chi connectivity index (χ2n) is 6.49. The predicted molar refractivity (Wildman–Crippen MR) is 66.1 cm³/mol. The van der Waals surface area contributed by atoms with E-state index in [0.29, 0.717) is 11.5 Å². The second-order valence-corrected chi connectivity index (χ2v) is 6.49. The Bertz CT molecular complexity index is 181. The SMILES string of the molecule is CC(C)CC1CN(CC(C)(C)C)CC[N]1. The Hall–Kier alpha value is -0.0800. The molecule has 0 aromatic carbocycles. The van der Waals surface area contributed by atoms with Crippen LogP contribution in [0.25, 0.3) is 0 Å². The number of hydrogen-bond donors (Lipinski definition) is 0. The first-order valence-electron chi connectivity index (χ1n) is 6.26. The van der Waals surface area contributed by atoms with Gasteiger partial charge in [0.1, 0.15) is 0 Å². The molecule has 1 aliphatic heterocycles. The topological polar surface area (TPSA) is 17.3 Å². The van der Waals surface area contributed by atoms with Crippen LogP contribution < -0.4 is 5.32 Å². The Morgan fingerprint density at radius 3 is 2.53 bits per heavy atom. The molecule has 1 fully saturated rings. The lowest BCUT2D eigenvalue weighted by molar-refractivity contribution is 0.137. The second kappa shape index (κ2) is 5.31. The number of rotatable bonds is 3. The van der Waals surface area contributed by atoms with E-state index in [-0.39, 0.29) is 0 Å². The first-order chi connectivity index (χ1) is 6.87. The Morgan fingerprint density at radius 1 is 1.33 bits per heavy atom. The Morgan fingerprint density at radius 2 is 2.00 bits per heavy atom. The fourth-order valence-electron chi connectivity index (χ4n) is 2.34. The molecule has 0 aliphatic carbocycles. The highest BCUT2D eigenvalue weighted by molar-refractivity contribution is 4.81. The van der Waals surface area contributed by atoms with Crippen molar-refractivity contribution in [2.24, 2.45) is 11.3 Å². The summed E-state index contributed by atoms with van der Waals surface area (Å²) in [6, 6.07) is 0.584. The van der Waals surface area contributed by atoms with Crippen molar-refractivity contribution in [2.45, 2.75) is 47.1 Å². The molecule has 0 spiro atoms. The summed E-state index contributed by atoms with van der Waals surface area (Å²) in [7, 11) is 0. The van der Waals surface area contributed by atoms with E-state index in [1.807, 2.05) is 0 Å². The molecule has 1 aliphatic rings. The van der Waals surface area contributed by atoms with E-state index in [4.69, 9.17) is 5.32 Å². The maximum Gasteiger partial charge on any atom is 0.0376 e. The van der Waals surface area contributed by atoms with Crippen LogP contribution in [0.5, 0.6) is 0 Å². The van der Waals surface area contributed by atoms with Crippen LogP contribution in [0.15, 0.2) is 0 Å². The first kappa shape index (κ1) is 13.0. The molecule has 15 heavy (non-hydrogen) atoms. The maximum atomic E-state index is 4.71. The van der Waals surface area contributed by atoms with Crippen molar-refractivity contribution in [3.05, 3.63) is 0 Å². The van der Waals surface area contributed by atoms with Crippen molar-refractivity contribution in [2.75, 3.05) is 26.2 Å². The summed E-state index contributed by atoms with van der Waals surface area (Å²) in [5.74, 6) is 0.772. The summed E-state index contributed by atoms with van der Waals surface area (Å²) >= 11 is 0. The molecule has 0 bridgehead atoms. The zero-order valence-electron chi connectivity index (χ0n) is 11.1. The smallest absolute Gasteiger partial charge is 0.0376 e. The zero-order valence-corrected chi connectivity index (χ0v) is 11.1. The molecule has 1 unspecified atom stereocenters. The van der Waals surface area contributed by atoms with E-state index in [0.717, 1.165) is 19.0 Å². The van der Waals surface area contributed by atoms with E-state index in [1.165, 1.54) is 19.5 Å². The summed E-state index contributed by atoms with van der Waals surface area (Å²) in [5.41, 5.74) is 0.416. The molecule has 0 aromatic rings. The van der Waals surface area contributed by atoms with Crippen molar-refractivity contribution in [1.29, 1.82) is 0 Å². The normalized spacial score (nSPS) is 24.8. The molecule has 1 atom stereocenters. The minimum Gasteiger partial charge on any atom is -0.300 e. The molecule has 1 rings (SSSR count). The molecule has 0 N–H and O–H groups in total. The maximum absolute atomic E-state index is 4.71. The van der Waals surface area contributed by atoms with Gasteiger partial charge in [0.25, 0.3) is 0 Å². The van der Waals surface area contributed by atoms with Gasteiger partial charge in [-0.1, -0.05) is 34.6 Å². The Labute approximate surface area is 95.4 Å². The predicted octanol–water partition coefficient (Wildman–Crippen LogP) is 2.37. The summed E-state index contributed by atoms with van der Waals surface area (Å²) in [5, 5.41) is 4.71. The van der Waals surface area contributed by atoms with E-state index in [9.17, 15) is 0 Å². The third-order valence-corrected chi connectivity index (χ3v) is 2.71. The lowest BCUT2D eigenvalue weighted by Gasteiger charge is -2.37. The van der Waals surface area contributed by atoms with Gasteiger partial charge >= 0.3 is 0 Å². The van der Waals surface area contributed by atoms with Crippen molar-refractivity contribution >= 4 is 0 Å². The van der Waals surface area contributed by atoms with Crippen molar-refractivity contribution in [3.63, 3.8) is 0 Å². The quantitative estimate of drug-likeness (QED) is 0.700. The molecule has 1 heterocycles. The van der Waals surface area contributed by atoms with Gasteiger partial charge in [-0.05, 0) is 17.8 Å². The van der Waals surface area contributed by atoms with Crippen LogP contribution in [0.4, 0.5) is 0 Å². The molecule has 89 valence electrons. The molecule has 2 heteroatoms. The lowest BCUT2D eigenvalue weighted by Crippen LogP contribution is -2.49. The number of nitrogens with zero attached hydrogens (tertiary/aromatic N) is 2. The standard InChI is InChI=1S/C13H27N2/c1-11(2)8-12-9-15(7-6-14-12)10-13(3,4)5/h11-12H,6-10H2,1-5H3. The third kappa shape index (κ3) is 5.53. The van der Waals surface area contributed by atoms with Gasteiger partial charge in [-0.15, -0.1) is 0 Å². The summed E-state index contributed by atoms with van der Waals surface area (Å²) in [6.45, 7) is 16.1. The van der Waals surface area contributed by atoms with Gasteiger partial charge in [-0.3, -0.25) is 4.90 Å². The lowest BCUT2D eigenvalue weighted by atomic mass is 9.94. The molecule has 1 radical (unpaired) electrons. The average molecular weight is 211 g/mol. The zero-order chi connectivity index (χ0) is 11.5. The molecule has 0 aromatic heterocycles. The van der Waals surface area contributed by atoms with Gasteiger partial charge in [0.15, 0.2) is 0 Å². The van der Waals surface area contributed by atoms with Crippen molar-refractivity contribution in [1.82, 2.24) is 10.2 Å². The fourth-order valence-corrected chi connectivity index (χ4v) is 2.34. The van der Waals surface area contributed by atoms with Crippen molar-refractivity contribution in [3.8, 4) is 0 Å². The minimum atomic E-state index is 0.416. The Balaban J connectivity index is 2.35. The minimum absolute atomic E-state index is 0.416. The monoisotopic (exact) mass is 211 g/mol. The van der Waals surface area contributed by atoms with Crippen LogP contribution in [0.1, 0.15) is 41.0 Å². The van der Waals surface area contributed by atoms with Gasteiger partial charge in [0, 0.05) is 32.2 Å². The van der Waals surface area contributed by atoms with Crippen LogP contribution >= 0.6 is 0 Å². The van der Waals surface area contributed by atoms with Gasteiger partial charge in [0.05, 0.1) is 0 Å². The summed E-state index contributed by atoms with van der Waals surface area (Å²) in [4.78, 5) is 2.58.